The molecule has 0 fully saturated rings. The molecule has 3 nitrogen and oxygen atoms in total. The lowest BCUT2D eigenvalue weighted by molar-refractivity contribution is -0.130. The second kappa shape index (κ2) is 6.41. The molecule has 1 heterocycles. The number of hydrogen-bond acceptors (Lipinski definition) is 2. The highest BCUT2D eigenvalue weighted by atomic mass is 35.5. The standard InChI is InChI=1S/C18H19ClN2O/c1-20(17-8-6-16(19)7-9-17)13-18(22)21-11-10-14-4-2-3-5-15(14)12-21/h2-9H,10-13H2,1H3. The minimum Gasteiger partial charge on any atom is -0.365 e. The van der Waals surface area contributed by atoms with Gasteiger partial charge in [-0.3, -0.25) is 4.79 Å². The van der Waals surface area contributed by atoms with Crippen molar-refractivity contribution in [2.24, 2.45) is 0 Å². The second-order valence-corrected chi connectivity index (χ2v) is 6.10. The molecule has 2 aromatic carbocycles. The number of benzene rings is 2. The molecule has 0 saturated carbocycles. The Morgan fingerprint density at radius 3 is 2.55 bits per heavy atom. The third kappa shape index (κ3) is 3.25. The summed E-state index contributed by atoms with van der Waals surface area (Å²) in [5.74, 6) is 0.159. The summed E-state index contributed by atoms with van der Waals surface area (Å²) in [4.78, 5) is 16.4. The summed E-state index contributed by atoms with van der Waals surface area (Å²) >= 11 is 5.90. The topological polar surface area (TPSA) is 23.6 Å². The van der Waals surface area contributed by atoms with E-state index in [1.165, 1.54) is 11.1 Å². The number of rotatable bonds is 3. The predicted molar refractivity (Wildman–Crippen MR) is 90.3 cm³/mol. The quantitative estimate of drug-likeness (QED) is 0.867. The van der Waals surface area contributed by atoms with Crippen LogP contribution in [0.2, 0.25) is 5.02 Å². The van der Waals surface area contributed by atoms with E-state index in [1.54, 1.807) is 0 Å². The zero-order valence-corrected chi connectivity index (χ0v) is 13.4. The first-order valence-electron chi connectivity index (χ1n) is 7.45. The first kappa shape index (κ1) is 14.9. The van der Waals surface area contributed by atoms with Crippen LogP contribution in [-0.4, -0.2) is 30.9 Å². The first-order chi connectivity index (χ1) is 10.6. The maximum Gasteiger partial charge on any atom is 0.242 e. The van der Waals surface area contributed by atoms with Crippen molar-refractivity contribution in [3.05, 3.63) is 64.7 Å². The Hall–Kier alpha value is -2.00. The van der Waals surface area contributed by atoms with Crippen molar-refractivity contribution >= 4 is 23.2 Å². The van der Waals surface area contributed by atoms with E-state index in [-0.39, 0.29) is 5.91 Å². The second-order valence-electron chi connectivity index (χ2n) is 5.67. The highest BCUT2D eigenvalue weighted by molar-refractivity contribution is 6.30. The number of nitrogens with zero attached hydrogens (tertiary/aromatic N) is 2. The van der Waals surface area contributed by atoms with Crippen LogP contribution in [0.5, 0.6) is 0 Å². The minimum atomic E-state index is 0.159. The van der Waals surface area contributed by atoms with Crippen molar-refractivity contribution in [3.8, 4) is 0 Å². The molecule has 22 heavy (non-hydrogen) atoms. The van der Waals surface area contributed by atoms with Crippen molar-refractivity contribution < 1.29 is 4.79 Å². The van der Waals surface area contributed by atoms with Crippen LogP contribution in [0, 0.1) is 0 Å². The molecule has 1 amide bonds. The molecule has 0 unspecified atom stereocenters. The van der Waals surface area contributed by atoms with Crippen molar-refractivity contribution in [2.45, 2.75) is 13.0 Å². The van der Waals surface area contributed by atoms with Crippen molar-refractivity contribution in [1.82, 2.24) is 4.90 Å². The summed E-state index contributed by atoms with van der Waals surface area (Å²) in [5, 5.41) is 0.705. The summed E-state index contributed by atoms with van der Waals surface area (Å²) in [6.45, 7) is 1.89. The van der Waals surface area contributed by atoms with Gasteiger partial charge in [0.15, 0.2) is 0 Å². The molecule has 0 spiro atoms. The highest BCUT2D eigenvalue weighted by Crippen LogP contribution is 2.20. The van der Waals surface area contributed by atoms with E-state index in [2.05, 4.69) is 18.2 Å². The normalized spacial score (nSPS) is 13.6. The summed E-state index contributed by atoms with van der Waals surface area (Å²) in [6.07, 6.45) is 0.937. The van der Waals surface area contributed by atoms with E-state index in [1.807, 2.05) is 47.2 Å². The van der Waals surface area contributed by atoms with Gasteiger partial charge in [-0.1, -0.05) is 35.9 Å². The summed E-state index contributed by atoms with van der Waals surface area (Å²) in [6, 6.07) is 15.9. The van der Waals surface area contributed by atoms with Gasteiger partial charge in [0.2, 0.25) is 5.91 Å². The molecule has 0 saturated heterocycles. The average Bonchev–Trinajstić information content (AvgIpc) is 2.55. The van der Waals surface area contributed by atoms with E-state index in [0.29, 0.717) is 18.1 Å². The van der Waals surface area contributed by atoms with Crippen molar-refractivity contribution in [3.63, 3.8) is 0 Å². The van der Waals surface area contributed by atoms with E-state index < -0.39 is 0 Å². The zero-order chi connectivity index (χ0) is 15.5. The third-order valence-electron chi connectivity index (χ3n) is 4.12. The molecule has 0 atom stereocenters. The number of amides is 1. The van der Waals surface area contributed by atoms with Gasteiger partial charge in [-0.2, -0.15) is 0 Å². The predicted octanol–water partition coefficient (Wildman–Crippen LogP) is 3.36. The minimum absolute atomic E-state index is 0.159. The first-order valence-corrected chi connectivity index (χ1v) is 7.82. The van der Waals surface area contributed by atoms with Gasteiger partial charge in [0.25, 0.3) is 0 Å². The van der Waals surface area contributed by atoms with E-state index in [0.717, 1.165) is 18.7 Å². The van der Waals surface area contributed by atoms with Crippen LogP contribution in [0.3, 0.4) is 0 Å². The fourth-order valence-corrected chi connectivity index (χ4v) is 2.92. The van der Waals surface area contributed by atoms with E-state index in [4.69, 9.17) is 11.6 Å². The lowest BCUT2D eigenvalue weighted by Crippen LogP contribution is -2.41. The smallest absolute Gasteiger partial charge is 0.242 e. The molecule has 0 aromatic heterocycles. The number of anilines is 1. The summed E-state index contributed by atoms with van der Waals surface area (Å²) in [5.41, 5.74) is 3.61. The zero-order valence-electron chi connectivity index (χ0n) is 12.6. The van der Waals surface area contributed by atoms with Gasteiger partial charge in [0.1, 0.15) is 0 Å². The monoisotopic (exact) mass is 314 g/mol. The molecule has 0 bridgehead atoms. The molecular formula is C18H19ClN2O. The Morgan fingerprint density at radius 2 is 1.82 bits per heavy atom. The van der Waals surface area contributed by atoms with Crippen LogP contribution in [0.1, 0.15) is 11.1 Å². The lowest BCUT2D eigenvalue weighted by atomic mass is 10.00. The SMILES string of the molecule is CN(CC(=O)N1CCc2ccccc2C1)c1ccc(Cl)cc1. The van der Waals surface area contributed by atoms with Gasteiger partial charge >= 0.3 is 0 Å². The van der Waals surface area contributed by atoms with Crippen LogP contribution in [0.25, 0.3) is 0 Å². The molecule has 114 valence electrons. The lowest BCUT2D eigenvalue weighted by Gasteiger charge is -2.30. The van der Waals surface area contributed by atoms with Gasteiger partial charge < -0.3 is 9.80 Å². The molecule has 0 aliphatic carbocycles. The van der Waals surface area contributed by atoms with Gasteiger partial charge in [0, 0.05) is 30.8 Å². The van der Waals surface area contributed by atoms with E-state index >= 15 is 0 Å². The Balaban J connectivity index is 1.64. The number of halogens is 1. The number of hydrogen-bond donors (Lipinski definition) is 0. The van der Waals surface area contributed by atoms with Crippen LogP contribution >= 0.6 is 11.6 Å². The molecule has 4 heteroatoms. The van der Waals surface area contributed by atoms with E-state index in [9.17, 15) is 4.79 Å². The molecule has 0 N–H and O–H groups in total. The van der Waals surface area contributed by atoms with Crippen LogP contribution in [0.15, 0.2) is 48.5 Å². The molecule has 3 rings (SSSR count). The van der Waals surface area contributed by atoms with Gasteiger partial charge in [-0.25, -0.2) is 0 Å². The molecule has 1 aliphatic heterocycles. The Morgan fingerprint density at radius 1 is 1.14 bits per heavy atom. The number of fused-ring (bicyclic) bond motifs is 1. The third-order valence-corrected chi connectivity index (χ3v) is 4.38. The molecular weight excluding hydrogens is 296 g/mol. The summed E-state index contributed by atoms with van der Waals surface area (Å²) in [7, 11) is 1.93. The van der Waals surface area contributed by atoms with Crippen molar-refractivity contribution in [1.29, 1.82) is 0 Å². The fourth-order valence-electron chi connectivity index (χ4n) is 2.80. The number of carbonyl (C=O) groups excluding carboxylic acids is 1. The largest absolute Gasteiger partial charge is 0.365 e. The maximum absolute atomic E-state index is 12.5. The Kier molecular flexibility index (Phi) is 4.34. The fraction of sp³-hybridized carbons (Fsp3) is 0.278. The highest BCUT2D eigenvalue weighted by Gasteiger charge is 2.21. The number of carbonyl (C=O) groups is 1. The van der Waals surface area contributed by atoms with Gasteiger partial charge in [0.05, 0.1) is 6.54 Å². The summed E-state index contributed by atoms with van der Waals surface area (Å²) < 4.78 is 0. The van der Waals surface area contributed by atoms with Crippen LogP contribution in [-0.2, 0) is 17.8 Å². The molecule has 1 aliphatic rings. The Bertz CT molecular complexity index is 669. The Labute approximate surface area is 136 Å². The van der Waals surface area contributed by atoms with Crippen LogP contribution < -0.4 is 4.90 Å². The van der Waals surface area contributed by atoms with Gasteiger partial charge in [-0.15, -0.1) is 0 Å². The number of likely N-dealkylation sites (N-methyl/N-ethyl adjacent to an activating group) is 1. The van der Waals surface area contributed by atoms with Crippen molar-refractivity contribution in [2.75, 3.05) is 25.0 Å². The average molecular weight is 315 g/mol. The molecule has 2 aromatic rings. The van der Waals surface area contributed by atoms with Gasteiger partial charge in [-0.05, 0) is 41.8 Å². The molecule has 0 radical (unpaired) electrons. The van der Waals surface area contributed by atoms with Crippen LogP contribution in [0.4, 0.5) is 5.69 Å². The maximum atomic E-state index is 12.5.